The number of non-ortho nitro benzene ring substituents is 1. The Morgan fingerprint density at radius 1 is 1.09 bits per heavy atom. The summed E-state index contributed by atoms with van der Waals surface area (Å²) >= 11 is 3.11. The van der Waals surface area contributed by atoms with Crippen molar-refractivity contribution in [3.05, 3.63) is 78.3 Å². The molecule has 0 fully saturated rings. The van der Waals surface area contributed by atoms with E-state index in [1.54, 1.807) is 6.08 Å². The van der Waals surface area contributed by atoms with Crippen LogP contribution >= 0.6 is 15.9 Å². The van der Waals surface area contributed by atoms with Crippen molar-refractivity contribution in [3.8, 4) is 6.07 Å². The Labute approximate surface area is 138 Å². The zero-order valence-corrected chi connectivity index (χ0v) is 13.1. The fraction of sp³-hybridized carbons (Fsp3) is 0. The third kappa shape index (κ3) is 3.78. The van der Waals surface area contributed by atoms with Crippen molar-refractivity contribution in [3.63, 3.8) is 0 Å². The normalized spacial score (nSPS) is 10.9. The Balaban J connectivity index is 2.39. The second-order valence-electron chi connectivity index (χ2n) is 4.44. The van der Waals surface area contributed by atoms with E-state index in [1.807, 2.05) is 6.07 Å². The maximum absolute atomic E-state index is 10.8. The molecule has 7 nitrogen and oxygen atoms in total. The summed E-state index contributed by atoms with van der Waals surface area (Å²) in [6.45, 7) is 0. The second-order valence-corrected chi connectivity index (χ2v) is 5.30. The predicted octanol–water partition coefficient (Wildman–Crippen LogP) is 4.33. The quantitative estimate of drug-likeness (QED) is 0.342. The summed E-state index contributed by atoms with van der Waals surface area (Å²) in [6, 6.07) is 12.0. The van der Waals surface area contributed by atoms with E-state index in [1.165, 1.54) is 42.5 Å². The Morgan fingerprint density at radius 3 is 2.22 bits per heavy atom. The van der Waals surface area contributed by atoms with Crippen LogP contribution in [0.1, 0.15) is 11.1 Å². The molecule has 0 aromatic heterocycles. The molecule has 0 N–H and O–H groups in total. The summed E-state index contributed by atoms with van der Waals surface area (Å²) in [5.41, 5.74) is 1.27. The van der Waals surface area contributed by atoms with Gasteiger partial charge in [-0.15, -0.1) is 0 Å². The standard InChI is InChI=1S/C15H8BrN3O4/c16-14-8-10(1-6-15(14)19(22)23)7-12(9-17)11-2-4-13(5-3-11)18(20)21/h1-8H. The van der Waals surface area contributed by atoms with Gasteiger partial charge in [0.05, 0.1) is 26.0 Å². The summed E-state index contributed by atoms with van der Waals surface area (Å²) < 4.78 is 0.303. The fourth-order valence-electron chi connectivity index (χ4n) is 1.87. The number of nitriles is 1. The molecule has 114 valence electrons. The van der Waals surface area contributed by atoms with Crippen molar-refractivity contribution in [1.29, 1.82) is 5.26 Å². The Hall–Kier alpha value is -3.05. The number of hydrogen-bond acceptors (Lipinski definition) is 5. The molecule has 8 heteroatoms. The van der Waals surface area contributed by atoms with Crippen LogP contribution in [0.2, 0.25) is 0 Å². The first-order chi connectivity index (χ1) is 10.9. The van der Waals surface area contributed by atoms with Crippen molar-refractivity contribution in [2.75, 3.05) is 0 Å². The van der Waals surface area contributed by atoms with Crippen LogP contribution in [-0.2, 0) is 0 Å². The molecule has 0 radical (unpaired) electrons. The molecule has 0 aliphatic heterocycles. The van der Waals surface area contributed by atoms with E-state index in [0.717, 1.165) is 0 Å². The van der Waals surface area contributed by atoms with Gasteiger partial charge in [0.15, 0.2) is 0 Å². The van der Waals surface area contributed by atoms with Gasteiger partial charge in [0.1, 0.15) is 0 Å². The molecule has 0 heterocycles. The minimum absolute atomic E-state index is 0.0656. The van der Waals surface area contributed by atoms with Crippen LogP contribution in [0.3, 0.4) is 0 Å². The van der Waals surface area contributed by atoms with Crippen LogP contribution in [0, 0.1) is 31.6 Å². The van der Waals surface area contributed by atoms with E-state index >= 15 is 0 Å². The highest BCUT2D eigenvalue weighted by Gasteiger charge is 2.12. The van der Waals surface area contributed by atoms with Gasteiger partial charge in [0.25, 0.3) is 11.4 Å². The predicted molar refractivity (Wildman–Crippen MR) is 87.4 cm³/mol. The highest BCUT2D eigenvalue weighted by atomic mass is 79.9. The van der Waals surface area contributed by atoms with Gasteiger partial charge in [-0.25, -0.2) is 0 Å². The monoisotopic (exact) mass is 373 g/mol. The van der Waals surface area contributed by atoms with E-state index in [4.69, 9.17) is 0 Å². The average molecular weight is 374 g/mol. The van der Waals surface area contributed by atoms with Gasteiger partial charge in [-0.1, -0.05) is 0 Å². The number of halogens is 1. The van der Waals surface area contributed by atoms with Crippen LogP contribution in [-0.4, -0.2) is 9.85 Å². The number of benzene rings is 2. The van der Waals surface area contributed by atoms with Crippen molar-refractivity contribution >= 4 is 39.0 Å². The molecule has 0 bridgehead atoms. The molecule has 23 heavy (non-hydrogen) atoms. The SMILES string of the molecule is N#CC(=Cc1ccc([N+](=O)[O-])c(Br)c1)c1ccc([N+](=O)[O-])cc1. The highest BCUT2D eigenvalue weighted by molar-refractivity contribution is 9.10. The second kappa shape index (κ2) is 6.81. The van der Waals surface area contributed by atoms with Crippen LogP contribution in [0.25, 0.3) is 11.6 Å². The molecule has 0 atom stereocenters. The molecule has 2 aromatic rings. The topological polar surface area (TPSA) is 110 Å². The third-order valence-corrected chi connectivity index (χ3v) is 3.62. The van der Waals surface area contributed by atoms with Crippen molar-refractivity contribution in [1.82, 2.24) is 0 Å². The molecule has 2 rings (SSSR count). The Morgan fingerprint density at radius 2 is 1.74 bits per heavy atom. The molecule has 0 unspecified atom stereocenters. The first-order valence-electron chi connectivity index (χ1n) is 6.23. The number of allylic oxidation sites excluding steroid dienone is 1. The van der Waals surface area contributed by atoms with E-state index in [-0.39, 0.29) is 11.4 Å². The molecule has 0 spiro atoms. The fourth-order valence-corrected chi connectivity index (χ4v) is 2.41. The third-order valence-electron chi connectivity index (χ3n) is 2.99. The molecule has 0 saturated heterocycles. The summed E-state index contributed by atoms with van der Waals surface area (Å²) in [4.78, 5) is 20.4. The lowest BCUT2D eigenvalue weighted by Gasteiger charge is -2.01. The van der Waals surface area contributed by atoms with Gasteiger partial charge in [-0.05, 0) is 57.4 Å². The van der Waals surface area contributed by atoms with Crippen LogP contribution < -0.4 is 0 Å². The first-order valence-corrected chi connectivity index (χ1v) is 7.02. The number of nitrogens with zero attached hydrogens (tertiary/aromatic N) is 3. The van der Waals surface area contributed by atoms with Crippen LogP contribution in [0.15, 0.2) is 46.9 Å². The smallest absolute Gasteiger partial charge is 0.258 e. The molecule has 0 amide bonds. The highest BCUT2D eigenvalue weighted by Crippen LogP contribution is 2.28. The zero-order valence-electron chi connectivity index (χ0n) is 11.5. The molecule has 0 aliphatic rings. The van der Waals surface area contributed by atoms with Crippen molar-refractivity contribution in [2.45, 2.75) is 0 Å². The average Bonchev–Trinajstić information content (AvgIpc) is 2.52. The molecular weight excluding hydrogens is 366 g/mol. The maximum Gasteiger partial charge on any atom is 0.283 e. The minimum Gasteiger partial charge on any atom is -0.258 e. The molecule has 0 saturated carbocycles. The summed E-state index contributed by atoms with van der Waals surface area (Å²) in [6.07, 6.45) is 1.55. The molecular formula is C15H8BrN3O4. The Bertz CT molecular complexity index is 854. The van der Waals surface area contributed by atoms with Crippen molar-refractivity contribution < 1.29 is 9.85 Å². The van der Waals surface area contributed by atoms with Gasteiger partial charge < -0.3 is 0 Å². The van der Waals surface area contributed by atoms with Gasteiger partial charge in [-0.3, -0.25) is 20.2 Å². The lowest BCUT2D eigenvalue weighted by Crippen LogP contribution is -1.90. The van der Waals surface area contributed by atoms with E-state index in [9.17, 15) is 25.5 Å². The number of nitro groups is 2. The maximum atomic E-state index is 10.8. The molecule has 2 aromatic carbocycles. The minimum atomic E-state index is -0.521. The van der Waals surface area contributed by atoms with Gasteiger partial charge in [-0.2, -0.15) is 5.26 Å². The lowest BCUT2D eigenvalue weighted by molar-refractivity contribution is -0.385. The van der Waals surface area contributed by atoms with Gasteiger partial charge in [0.2, 0.25) is 0 Å². The lowest BCUT2D eigenvalue weighted by atomic mass is 10.0. The zero-order chi connectivity index (χ0) is 17.0. The van der Waals surface area contributed by atoms with E-state index in [0.29, 0.717) is 21.2 Å². The number of nitro benzene ring substituents is 2. The van der Waals surface area contributed by atoms with Gasteiger partial charge >= 0.3 is 0 Å². The summed E-state index contributed by atoms with van der Waals surface area (Å²) in [7, 11) is 0. The van der Waals surface area contributed by atoms with E-state index < -0.39 is 9.85 Å². The summed E-state index contributed by atoms with van der Waals surface area (Å²) in [5, 5.41) is 30.7. The van der Waals surface area contributed by atoms with E-state index in [2.05, 4.69) is 15.9 Å². The Kier molecular flexibility index (Phi) is 4.83. The molecule has 0 aliphatic carbocycles. The largest absolute Gasteiger partial charge is 0.283 e. The number of rotatable bonds is 4. The van der Waals surface area contributed by atoms with Crippen LogP contribution in [0.5, 0.6) is 0 Å². The first kappa shape index (κ1) is 16.3. The van der Waals surface area contributed by atoms with Crippen LogP contribution in [0.4, 0.5) is 11.4 Å². The number of hydrogen-bond donors (Lipinski definition) is 0. The summed E-state index contributed by atoms with van der Waals surface area (Å²) in [5.74, 6) is 0. The van der Waals surface area contributed by atoms with Gasteiger partial charge in [0, 0.05) is 18.2 Å². The van der Waals surface area contributed by atoms with Crippen molar-refractivity contribution in [2.24, 2.45) is 0 Å².